The van der Waals surface area contributed by atoms with E-state index in [0.717, 1.165) is 5.56 Å². The fourth-order valence-corrected chi connectivity index (χ4v) is 1.40. The molecule has 0 aromatic heterocycles. The van der Waals surface area contributed by atoms with E-state index in [1.165, 1.54) is 0 Å². The summed E-state index contributed by atoms with van der Waals surface area (Å²) in [6, 6.07) is 5.65. The minimum Gasteiger partial charge on any atom is -0.192 e. The van der Waals surface area contributed by atoms with E-state index in [0.29, 0.717) is 15.1 Å². The van der Waals surface area contributed by atoms with E-state index in [9.17, 15) is 0 Å². The molecule has 0 unspecified atom stereocenters. The molecule has 56 valence electrons. The van der Waals surface area contributed by atoms with Crippen molar-refractivity contribution in [3.8, 4) is 6.07 Å². The van der Waals surface area contributed by atoms with Crippen molar-refractivity contribution in [2.24, 2.45) is 0 Å². The zero-order valence-electron chi connectivity index (χ0n) is 5.86. The van der Waals surface area contributed by atoms with Gasteiger partial charge in [0.1, 0.15) is 6.07 Å². The molecule has 0 amide bonds. The van der Waals surface area contributed by atoms with Crippen LogP contribution in [0.4, 0.5) is 0 Å². The summed E-state index contributed by atoms with van der Waals surface area (Å²) in [7, 11) is 0. The second-order valence-electron chi connectivity index (χ2n) is 2.22. The van der Waals surface area contributed by atoms with Gasteiger partial charge in [0.05, 0.1) is 15.1 Å². The Bertz CT molecular complexity index is 328. The molecule has 0 aliphatic carbocycles. The Morgan fingerprint density at radius 2 is 2.18 bits per heavy atom. The molecule has 3 heteroatoms. The second kappa shape index (κ2) is 3.25. The molecule has 0 saturated carbocycles. The number of hydrogen-bond acceptors (Lipinski definition) is 1. The van der Waals surface area contributed by atoms with Crippen molar-refractivity contribution >= 4 is 27.5 Å². The highest BCUT2D eigenvalue weighted by Gasteiger charge is 2.03. The highest BCUT2D eigenvalue weighted by Crippen LogP contribution is 2.27. The lowest BCUT2D eigenvalue weighted by Crippen LogP contribution is -1.81. The van der Waals surface area contributed by atoms with Crippen LogP contribution in [0.15, 0.2) is 16.6 Å². The summed E-state index contributed by atoms with van der Waals surface area (Å²) in [4.78, 5) is 0. The number of rotatable bonds is 0. The van der Waals surface area contributed by atoms with E-state index in [4.69, 9.17) is 16.9 Å². The van der Waals surface area contributed by atoms with Crippen molar-refractivity contribution in [1.29, 1.82) is 5.26 Å². The largest absolute Gasteiger partial charge is 0.192 e. The Labute approximate surface area is 78.7 Å². The molecule has 0 N–H and O–H groups in total. The summed E-state index contributed by atoms with van der Waals surface area (Å²) in [5.41, 5.74) is 1.57. The maximum absolute atomic E-state index is 8.63. The molecule has 0 bridgehead atoms. The summed E-state index contributed by atoms with van der Waals surface area (Å²) >= 11 is 9.02. The van der Waals surface area contributed by atoms with Gasteiger partial charge in [-0.1, -0.05) is 11.6 Å². The summed E-state index contributed by atoms with van der Waals surface area (Å²) in [6.45, 7) is 1.90. The third-order valence-corrected chi connectivity index (χ3v) is 2.67. The lowest BCUT2D eigenvalue weighted by atomic mass is 10.2. The summed E-state index contributed by atoms with van der Waals surface area (Å²) in [5.74, 6) is 0. The van der Waals surface area contributed by atoms with E-state index in [1.54, 1.807) is 6.07 Å². The minimum atomic E-state index is 0.579. The van der Waals surface area contributed by atoms with Gasteiger partial charge in [0, 0.05) is 0 Å². The second-order valence-corrected chi connectivity index (χ2v) is 3.42. The lowest BCUT2D eigenvalue weighted by Gasteiger charge is -1.99. The first-order chi connectivity index (χ1) is 5.15. The van der Waals surface area contributed by atoms with E-state index in [1.807, 2.05) is 19.1 Å². The molecule has 0 aliphatic rings. The van der Waals surface area contributed by atoms with Crippen LogP contribution in [0.3, 0.4) is 0 Å². The third-order valence-electron chi connectivity index (χ3n) is 1.29. The first-order valence-corrected chi connectivity index (χ1v) is 4.18. The lowest BCUT2D eigenvalue weighted by molar-refractivity contribution is 1.40. The maximum atomic E-state index is 8.63. The first kappa shape index (κ1) is 8.58. The zero-order valence-corrected chi connectivity index (χ0v) is 8.20. The molecule has 1 aromatic carbocycles. The number of aryl methyl sites for hydroxylation is 1. The van der Waals surface area contributed by atoms with Crippen LogP contribution in [0.25, 0.3) is 0 Å². The van der Waals surface area contributed by atoms with Crippen LogP contribution >= 0.6 is 27.5 Å². The topological polar surface area (TPSA) is 23.8 Å². The number of halogens is 2. The van der Waals surface area contributed by atoms with Gasteiger partial charge in [-0.15, -0.1) is 0 Å². The summed E-state index contributed by atoms with van der Waals surface area (Å²) in [6.07, 6.45) is 0. The third kappa shape index (κ3) is 1.74. The number of benzene rings is 1. The van der Waals surface area contributed by atoms with E-state index in [-0.39, 0.29) is 0 Å². The monoisotopic (exact) mass is 229 g/mol. The molecular weight excluding hydrogens is 225 g/mol. The van der Waals surface area contributed by atoms with Crippen LogP contribution in [-0.4, -0.2) is 0 Å². The Morgan fingerprint density at radius 3 is 2.73 bits per heavy atom. The normalized spacial score (nSPS) is 9.27. The van der Waals surface area contributed by atoms with Crippen LogP contribution in [0.1, 0.15) is 11.1 Å². The van der Waals surface area contributed by atoms with E-state index in [2.05, 4.69) is 15.9 Å². The van der Waals surface area contributed by atoms with Crippen molar-refractivity contribution in [3.05, 3.63) is 32.8 Å². The average molecular weight is 230 g/mol. The van der Waals surface area contributed by atoms with Gasteiger partial charge < -0.3 is 0 Å². The van der Waals surface area contributed by atoms with Gasteiger partial charge in [-0.25, -0.2) is 0 Å². The van der Waals surface area contributed by atoms with Gasteiger partial charge in [-0.2, -0.15) is 5.26 Å². The molecule has 0 radical (unpaired) electrons. The number of nitriles is 1. The van der Waals surface area contributed by atoms with Crippen LogP contribution in [0.2, 0.25) is 5.02 Å². The van der Waals surface area contributed by atoms with Crippen molar-refractivity contribution < 1.29 is 0 Å². The molecule has 0 aliphatic heterocycles. The highest BCUT2D eigenvalue weighted by molar-refractivity contribution is 9.10. The number of nitrogens with zero attached hydrogens (tertiary/aromatic N) is 1. The van der Waals surface area contributed by atoms with Gasteiger partial charge >= 0.3 is 0 Å². The Hall–Kier alpha value is -0.520. The van der Waals surface area contributed by atoms with Crippen molar-refractivity contribution in [2.75, 3.05) is 0 Å². The molecule has 0 fully saturated rings. The standard InChI is InChI=1S/C8H5BrClN/c1-5-2-6(4-11)8(9)7(10)3-5/h2-3H,1H3. The zero-order chi connectivity index (χ0) is 8.43. The van der Waals surface area contributed by atoms with Gasteiger partial charge in [0.2, 0.25) is 0 Å². The Balaban J connectivity index is 3.39. The predicted octanol–water partition coefficient (Wildman–Crippen LogP) is 3.28. The molecule has 0 saturated heterocycles. The van der Waals surface area contributed by atoms with E-state index < -0.39 is 0 Å². The molecule has 1 nitrogen and oxygen atoms in total. The fourth-order valence-electron chi connectivity index (χ4n) is 0.806. The van der Waals surface area contributed by atoms with Crippen LogP contribution in [0, 0.1) is 18.3 Å². The minimum absolute atomic E-state index is 0.579. The quantitative estimate of drug-likeness (QED) is 0.671. The van der Waals surface area contributed by atoms with E-state index >= 15 is 0 Å². The molecule has 0 atom stereocenters. The first-order valence-electron chi connectivity index (χ1n) is 3.01. The SMILES string of the molecule is Cc1cc(Cl)c(Br)c(C#N)c1. The van der Waals surface area contributed by atoms with Crippen LogP contribution in [-0.2, 0) is 0 Å². The Morgan fingerprint density at radius 1 is 1.55 bits per heavy atom. The summed E-state index contributed by atoms with van der Waals surface area (Å²) < 4.78 is 0.673. The smallest absolute Gasteiger partial charge is 0.100 e. The molecule has 1 rings (SSSR count). The number of hydrogen-bond donors (Lipinski definition) is 0. The predicted molar refractivity (Wildman–Crippen MR) is 48.6 cm³/mol. The van der Waals surface area contributed by atoms with Crippen molar-refractivity contribution in [3.63, 3.8) is 0 Å². The maximum Gasteiger partial charge on any atom is 0.100 e. The molecule has 11 heavy (non-hydrogen) atoms. The average Bonchev–Trinajstić information content (AvgIpc) is 1.96. The fraction of sp³-hybridized carbons (Fsp3) is 0.125. The van der Waals surface area contributed by atoms with Gasteiger partial charge in [0.25, 0.3) is 0 Å². The van der Waals surface area contributed by atoms with Crippen LogP contribution in [0.5, 0.6) is 0 Å². The molecule has 0 spiro atoms. The molecule has 1 aromatic rings. The molecule has 0 heterocycles. The van der Waals surface area contributed by atoms with Gasteiger partial charge in [-0.3, -0.25) is 0 Å². The van der Waals surface area contributed by atoms with Crippen molar-refractivity contribution in [2.45, 2.75) is 6.92 Å². The van der Waals surface area contributed by atoms with Crippen LogP contribution < -0.4 is 0 Å². The van der Waals surface area contributed by atoms with Gasteiger partial charge in [-0.05, 0) is 40.5 Å². The van der Waals surface area contributed by atoms with Gasteiger partial charge in [0.15, 0.2) is 0 Å². The Kier molecular flexibility index (Phi) is 2.53. The highest BCUT2D eigenvalue weighted by atomic mass is 79.9. The molecular formula is C8H5BrClN. The summed E-state index contributed by atoms with van der Waals surface area (Å²) in [5, 5.41) is 9.21. The van der Waals surface area contributed by atoms with Crippen molar-refractivity contribution in [1.82, 2.24) is 0 Å².